The van der Waals surface area contributed by atoms with Crippen molar-refractivity contribution < 1.29 is 29.5 Å². The summed E-state index contributed by atoms with van der Waals surface area (Å²) in [6, 6.07) is 9.08. The van der Waals surface area contributed by atoms with Gasteiger partial charge in [0.25, 0.3) is 11.6 Å². The van der Waals surface area contributed by atoms with Gasteiger partial charge in [-0.1, -0.05) is 12.1 Å². The molecule has 1 fully saturated rings. The molecule has 0 bridgehead atoms. The highest BCUT2D eigenvalue weighted by Gasteiger charge is 2.24. The molecule has 146 valence electrons. The molecule has 0 spiro atoms. The summed E-state index contributed by atoms with van der Waals surface area (Å²) in [6.45, 7) is 0. The van der Waals surface area contributed by atoms with Crippen LogP contribution in [0.4, 0.5) is 11.4 Å². The number of benzene rings is 2. The number of carbonyl (C=O) groups is 3. The number of aromatic carboxylic acids is 2. The number of amides is 1. The zero-order valence-corrected chi connectivity index (χ0v) is 15.2. The number of hydrogen-bond acceptors (Lipinski definition) is 7. The number of rotatable bonds is 5. The minimum Gasteiger partial charge on any atom is -0.478 e. The van der Waals surface area contributed by atoms with Crippen molar-refractivity contribution in [2.24, 2.45) is 4.99 Å². The van der Waals surface area contributed by atoms with Gasteiger partial charge in [0, 0.05) is 12.1 Å². The third-order valence-electron chi connectivity index (χ3n) is 3.67. The van der Waals surface area contributed by atoms with E-state index >= 15 is 0 Å². The second-order valence-corrected chi connectivity index (χ2v) is 6.74. The lowest BCUT2D eigenvalue weighted by molar-refractivity contribution is -0.384. The molecule has 0 atom stereocenters. The number of aliphatic imine (C=N–C) groups is 1. The first-order valence-electron chi connectivity index (χ1n) is 7.88. The maximum absolute atomic E-state index is 12.1. The quantitative estimate of drug-likeness (QED) is 0.383. The number of amidine groups is 1. The Bertz CT molecular complexity index is 1090. The Labute approximate surface area is 166 Å². The van der Waals surface area contributed by atoms with Crippen LogP contribution in [0.1, 0.15) is 26.3 Å². The summed E-state index contributed by atoms with van der Waals surface area (Å²) in [5.74, 6) is -3.12. The van der Waals surface area contributed by atoms with Crippen molar-refractivity contribution in [3.63, 3.8) is 0 Å². The highest BCUT2D eigenvalue weighted by atomic mass is 32.2. The van der Waals surface area contributed by atoms with Crippen molar-refractivity contribution in [1.82, 2.24) is 5.32 Å². The molecule has 2 aromatic carbocycles. The van der Waals surface area contributed by atoms with E-state index < -0.39 is 22.8 Å². The van der Waals surface area contributed by atoms with Crippen molar-refractivity contribution in [3.8, 4) is 0 Å². The Morgan fingerprint density at radius 3 is 2.34 bits per heavy atom. The van der Waals surface area contributed by atoms with Gasteiger partial charge >= 0.3 is 11.9 Å². The van der Waals surface area contributed by atoms with Crippen LogP contribution in [-0.2, 0) is 4.79 Å². The molecule has 0 radical (unpaired) electrons. The van der Waals surface area contributed by atoms with Crippen LogP contribution in [0, 0.1) is 10.1 Å². The van der Waals surface area contributed by atoms with Crippen LogP contribution in [0.25, 0.3) is 6.08 Å². The first-order valence-corrected chi connectivity index (χ1v) is 8.70. The van der Waals surface area contributed by atoms with Gasteiger partial charge in [-0.3, -0.25) is 14.9 Å². The number of nitro benzene ring substituents is 1. The molecule has 10 nitrogen and oxygen atoms in total. The molecule has 0 aromatic heterocycles. The topological polar surface area (TPSA) is 159 Å². The molecular weight excluding hydrogens is 402 g/mol. The zero-order chi connectivity index (χ0) is 21.1. The fraction of sp³-hybridized carbons (Fsp3) is 0. The van der Waals surface area contributed by atoms with Gasteiger partial charge in [-0.25, -0.2) is 14.6 Å². The van der Waals surface area contributed by atoms with Crippen LogP contribution < -0.4 is 5.32 Å². The minimum absolute atomic E-state index is 0.0432. The molecule has 0 saturated carbocycles. The van der Waals surface area contributed by atoms with Gasteiger partial charge in [0.1, 0.15) is 0 Å². The number of nitro groups is 1. The molecule has 3 N–H and O–H groups in total. The van der Waals surface area contributed by atoms with Crippen LogP contribution in [0.5, 0.6) is 0 Å². The number of hydrogen-bond donors (Lipinski definition) is 3. The fourth-order valence-corrected chi connectivity index (χ4v) is 3.24. The normalized spacial score (nSPS) is 16.1. The molecule has 11 heteroatoms. The number of carboxylic acid groups (broad SMARTS) is 2. The second-order valence-electron chi connectivity index (χ2n) is 5.71. The summed E-state index contributed by atoms with van der Waals surface area (Å²) in [5, 5.41) is 31.7. The van der Waals surface area contributed by atoms with Crippen molar-refractivity contribution in [1.29, 1.82) is 0 Å². The maximum Gasteiger partial charge on any atom is 0.335 e. The summed E-state index contributed by atoms with van der Waals surface area (Å²) < 4.78 is 0. The smallest absolute Gasteiger partial charge is 0.335 e. The highest BCUT2D eigenvalue weighted by Crippen LogP contribution is 2.29. The molecular formula is C18H11N3O7S. The predicted molar refractivity (Wildman–Crippen MR) is 104 cm³/mol. The van der Waals surface area contributed by atoms with Crippen LogP contribution in [0.2, 0.25) is 0 Å². The average Bonchev–Trinajstić information content (AvgIpc) is 3.00. The number of nitrogens with zero attached hydrogens (tertiary/aromatic N) is 2. The Balaban J connectivity index is 1.91. The summed E-state index contributed by atoms with van der Waals surface area (Å²) >= 11 is 0.937. The highest BCUT2D eigenvalue weighted by molar-refractivity contribution is 8.18. The second kappa shape index (κ2) is 7.94. The van der Waals surface area contributed by atoms with Gasteiger partial charge in [0.2, 0.25) is 0 Å². The molecule has 1 aliphatic heterocycles. The van der Waals surface area contributed by atoms with Crippen molar-refractivity contribution in [2.45, 2.75) is 0 Å². The number of thioether (sulfide) groups is 1. The van der Waals surface area contributed by atoms with Crippen molar-refractivity contribution >= 4 is 52.2 Å². The summed E-state index contributed by atoms with van der Waals surface area (Å²) in [5.41, 5.74) is -0.152. The third-order valence-corrected chi connectivity index (χ3v) is 4.58. The monoisotopic (exact) mass is 413 g/mol. The van der Waals surface area contributed by atoms with Crippen LogP contribution >= 0.6 is 11.8 Å². The van der Waals surface area contributed by atoms with Gasteiger partial charge in [-0.2, -0.15) is 0 Å². The first kappa shape index (κ1) is 19.8. The first-order chi connectivity index (χ1) is 13.7. The Hall–Kier alpha value is -3.99. The number of nitrogens with one attached hydrogen (secondary N) is 1. The number of carboxylic acids is 2. The average molecular weight is 413 g/mol. The Morgan fingerprint density at radius 1 is 1.10 bits per heavy atom. The SMILES string of the molecule is O=C1NC(=Nc2cc(C(=O)O)cc(C(=O)O)c2)S/C1=C\c1cccc([N+](=O)[O-])c1. The zero-order valence-electron chi connectivity index (χ0n) is 14.4. The van der Waals surface area contributed by atoms with E-state index in [9.17, 15) is 24.5 Å². The lowest BCUT2D eigenvalue weighted by Gasteiger charge is -2.02. The third kappa shape index (κ3) is 4.65. The molecule has 3 rings (SSSR count). The molecule has 0 aliphatic carbocycles. The Morgan fingerprint density at radius 2 is 1.76 bits per heavy atom. The van der Waals surface area contributed by atoms with Crippen LogP contribution in [0.3, 0.4) is 0 Å². The van der Waals surface area contributed by atoms with Gasteiger partial charge in [-0.05, 0) is 41.6 Å². The van der Waals surface area contributed by atoms with Crippen LogP contribution in [-0.4, -0.2) is 38.1 Å². The molecule has 1 aliphatic rings. The van der Waals surface area contributed by atoms with Gasteiger partial charge in [0.05, 0.1) is 26.6 Å². The van der Waals surface area contributed by atoms with Crippen molar-refractivity contribution in [3.05, 3.63) is 74.2 Å². The lowest BCUT2D eigenvalue weighted by Crippen LogP contribution is -2.19. The summed E-state index contributed by atoms with van der Waals surface area (Å²) in [4.78, 5) is 49.1. The van der Waals surface area contributed by atoms with E-state index in [-0.39, 0.29) is 32.6 Å². The molecule has 0 unspecified atom stereocenters. The molecule has 1 heterocycles. The predicted octanol–water partition coefficient (Wildman–Crippen LogP) is 2.88. The Kier molecular flexibility index (Phi) is 5.41. The van der Waals surface area contributed by atoms with E-state index in [4.69, 9.17) is 10.2 Å². The van der Waals surface area contributed by atoms with E-state index in [1.165, 1.54) is 36.4 Å². The maximum atomic E-state index is 12.1. The van der Waals surface area contributed by atoms with E-state index in [1.807, 2.05) is 0 Å². The van der Waals surface area contributed by atoms with Gasteiger partial charge < -0.3 is 15.5 Å². The lowest BCUT2D eigenvalue weighted by atomic mass is 10.1. The van der Waals surface area contributed by atoms with E-state index in [2.05, 4.69) is 10.3 Å². The van der Waals surface area contributed by atoms with E-state index in [1.54, 1.807) is 6.07 Å². The number of non-ortho nitro benzene ring substituents is 1. The summed E-state index contributed by atoms with van der Waals surface area (Å²) in [6.07, 6.45) is 1.45. The molecule has 2 aromatic rings. The number of carbonyl (C=O) groups excluding carboxylic acids is 1. The standard InChI is InChI=1S/C18H11N3O7S/c22-15-14(5-9-2-1-3-13(4-9)21(27)28)29-18(20-15)19-12-7-10(16(23)24)6-11(8-12)17(25)26/h1-8H,(H,23,24)(H,25,26)(H,19,20,22)/b14-5-. The largest absolute Gasteiger partial charge is 0.478 e. The fourth-order valence-electron chi connectivity index (χ4n) is 2.40. The van der Waals surface area contributed by atoms with Gasteiger partial charge in [0.15, 0.2) is 5.17 Å². The van der Waals surface area contributed by atoms with Crippen molar-refractivity contribution in [2.75, 3.05) is 0 Å². The van der Waals surface area contributed by atoms with E-state index in [0.29, 0.717) is 5.56 Å². The summed E-state index contributed by atoms with van der Waals surface area (Å²) in [7, 11) is 0. The van der Waals surface area contributed by atoms with Crippen LogP contribution in [0.15, 0.2) is 52.4 Å². The molecule has 29 heavy (non-hydrogen) atoms. The molecule has 1 saturated heterocycles. The minimum atomic E-state index is -1.32. The van der Waals surface area contributed by atoms with E-state index in [0.717, 1.165) is 17.8 Å². The van der Waals surface area contributed by atoms with Gasteiger partial charge in [-0.15, -0.1) is 0 Å². The molecule has 1 amide bonds.